The summed E-state index contributed by atoms with van der Waals surface area (Å²) in [4.78, 5) is 19.1. The lowest BCUT2D eigenvalue weighted by Gasteiger charge is -2.30. The van der Waals surface area contributed by atoms with Crippen LogP contribution in [-0.4, -0.2) is 32.4 Å². The fourth-order valence-corrected chi connectivity index (χ4v) is 3.89. The van der Waals surface area contributed by atoms with Gasteiger partial charge < -0.3 is 0 Å². The van der Waals surface area contributed by atoms with Crippen LogP contribution in [0.4, 0.5) is 5.69 Å². The predicted molar refractivity (Wildman–Crippen MR) is 110 cm³/mol. The SMILES string of the molecule is Cc1c(N2C(=O)C(Cc3ccc(Cl)cc3)NC2(C)C)cnn1-c1ccncc1. The first-order valence-electron chi connectivity index (χ1n) is 9.18. The minimum atomic E-state index is -0.523. The van der Waals surface area contributed by atoms with Crippen molar-refractivity contribution < 1.29 is 4.79 Å². The summed E-state index contributed by atoms with van der Waals surface area (Å²) < 4.78 is 1.83. The molecule has 1 N–H and O–H groups in total. The van der Waals surface area contributed by atoms with Gasteiger partial charge >= 0.3 is 0 Å². The molecule has 1 amide bonds. The summed E-state index contributed by atoms with van der Waals surface area (Å²) in [6, 6.07) is 11.1. The summed E-state index contributed by atoms with van der Waals surface area (Å²) >= 11 is 5.97. The number of anilines is 1. The second-order valence-corrected chi connectivity index (χ2v) is 7.93. The van der Waals surface area contributed by atoms with E-state index in [1.807, 2.05) is 66.8 Å². The largest absolute Gasteiger partial charge is 0.289 e. The topological polar surface area (TPSA) is 63.1 Å². The number of rotatable bonds is 4. The van der Waals surface area contributed by atoms with Crippen molar-refractivity contribution in [3.8, 4) is 5.69 Å². The third kappa shape index (κ3) is 3.30. The van der Waals surface area contributed by atoms with Gasteiger partial charge in [0.1, 0.15) is 0 Å². The quantitative estimate of drug-likeness (QED) is 0.734. The van der Waals surface area contributed by atoms with Gasteiger partial charge in [-0.3, -0.25) is 20.0 Å². The van der Waals surface area contributed by atoms with Crippen LogP contribution in [0.15, 0.2) is 55.0 Å². The molecule has 0 aliphatic carbocycles. The van der Waals surface area contributed by atoms with E-state index in [9.17, 15) is 4.79 Å². The summed E-state index contributed by atoms with van der Waals surface area (Å²) in [5, 5.41) is 8.66. The van der Waals surface area contributed by atoms with Crippen LogP contribution in [-0.2, 0) is 11.2 Å². The third-order valence-corrected chi connectivity index (χ3v) is 5.34. The molecule has 0 saturated carbocycles. The smallest absolute Gasteiger partial charge is 0.246 e. The van der Waals surface area contributed by atoms with E-state index in [0.29, 0.717) is 11.4 Å². The highest BCUT2D eigenvalue weighted by atomic mass is 35.5. The molecule has 7 heteroatoms. The average molecular weight is 396 g/mol. The molecule has 144 valence electrons. The normalized spacial score (nSPS) is 18.6. The Kier molecular flexibility index (Phi) is 4.69. The zero-order valence-electron chi connectivity index (χ0n) is 16.1. The molecule has 3 heterocycles. The molecule has 1 aliphatic rings. The number of amides is 1. The van der Waals surface area contributed by atoms with Crippen molar-refractivity contribution >= 4 is 23.2 Å². The van der Waals surface area contributed by atoms with Gasteiger partial charge in [-0.1, -0.05) is 23.7 Å². The van der Waals surface area contributed by atoms with Crippen molar-refractivity contribution in [2.45, 2.75) is 38.9 Å². The first-order chi connectivity index (χ1) is 13.4. The van der Waals surface area contributed by atoms with Crippen LogP contribution in [0.1, 0.15) is 25.1 Å². The van der Waals surface area contributed by atoms with Gasteiger partial charge in [-0.15, -0.1) is 0 Å². The number of nitrogens with one attached hydrogen (secondary N) is 1. The number of benzene rings is 1. The van der Waals surface area contributed by atoms with E-state index in [-0.39, 0.29) is 11.9 Å². The molecule has 4 rings (SSSR count). The lowest BCUT2D eigenvalue weighted by atomic mass is 10.1. The molecular weight excluding hydrogens is 374 g/mol. The van der Waals surface area contributed by atoms with Crippen molar-refractivity contribution in [2.75, 3.05) is 4.90 Å². The second-order valence-electron chi connectivity index (χ2n) is 7.49. The lowest BCUT2D eigenvalue weighted by molar-refractivity contribution is -0.118. The molecule has 28 heavy (non-hydrogen) atoms. The minimum Gasteiger partial charge on any atom is -0.289 e. The number of nitrogens with zero attached hydrogens (tertiary/aromatic N) is 4. The van der Waals surface area contributed by atoms with E-state index in [2.05, 4.69) is 15.4 Å². The second kappa shape index (κ2) is 7.04. The Hall–Kier alpha value is -2.70. The van der Waals surface area contributed by atoms with E-state index in [1.54, 1.807) is 18.6 Å². The monoisotopic (exact) mass is 395 g/mol. The Bertz CT molecular complexity index is 997. The van der Waals surface area contributed by atoms with E-state index in [4.69, 9.17) is 11.6 Å². The number of carbonyl (C=O) groups excluding carboxylic acids is 1. The van der Waals surface area contributed by atoms with Gasteiger partial charge in [0.15, 0.2) is 0 Å². The molecule has 6 nitrogen and oxygen atoms in total. The molecule has 1 fully saturated rings. The lowest BCUT2D eigenvalue weighted by Crippen LogP contribution is -2.47. The number of hydrogen-bond acceptors (Lipinski definition) is 4. The summed E-state index contributed by atoms with van der Waals surface area (Å²) in [5.74, 6) is 0.0392. The molecule has 0 bridgehead atoms. The van der Waals surface area contributed by atoms with Crippen LogP contribution < -0.4 is 10.2 Å². The molecule has 1 saturated heterocycles. The van der Waals surface area contributed by atoms with Gasteiger partial charge in [0.05, 0.1) is 35.0 Å². The maximum atomic E-state index is 13.3. The average Bonchev–Trinajstić information content (AvgIpc) is 3.14. The molecule has 2 aromatic heterocycles. The van der Waals surface area contributed by atoms with E-state index in [1.165, 1.54) is 0 Å². The van der Waals surface area contributed by atoms with Crippen LogP contribution in [0.2, 0.25) is 5.02 Å². The van der Waals surface area contributed by atoms with Crippen molar-refractivity contribution in [1.82, 2.24) is 20.1 Å². The highest BCUT2D eigenvalue weighted by molar-refractivity contribution is 6.30. The van der Waals surface area contributed by atoms with Crippen molar-refractivity contribution in [1.29, 1.82) is 0 Å². The Morgan fingerprint density at radius 2 is 1.82 bits per heavy atom. The van der Waals surface area contributed by atoms with Crippen LogP contribution in [0.25, 0.3) is 5.69 Å². The van der Waals surface area contributed by atoms with Crippen LogP contribution in [0, 0.1) is 6.92 Å². The first-order valence-corrected chi connectivity index (χ1v) is 9.56. The van der Waals surface area contributed by atoms with Gasteiger partial charge in [-0.2, -0.15) is 5.10 Å². The molecule has 3 aromatic rings. The van der Waals surface area contributed by atoms with Gasteiger partial charge in [0.25, 0.3) is 0 Å². The molecule has 1 unspecified atom stereocenters. The predicted octanol–water partition coefficient (Wildman–Crippen LogP) is 3.51. The first kappa shape index (κ1) is 18.7. The number of pyridine rings is 1. The number of aromatic nitrogens is 3. The molecule has 1 aliphatic heterocycles. The van der Waals surface area contributed by atoms with Crippen molar-refractivity contribution in [3.63, 3.8) is 0 Å². The third-order valence-electron chi connectivity index (χ3n) is 5.09. The molecular formula is C21H22ClN5O. The highest BCUT2D eigenvalue weighted by Gasteiger charge is 2.46. The van der Waals surface area contributed by atoms with E-state index in [0.717, 1.165) is 22.6 Å². The van der Waals surface area contributed by atoms with Crippen molar-refractivity contribution in [2.24, 2.45) is 0 Å². The van der Waals surface area contributed by atoms with Crippen LogP contribution >= 0.6 is 11.6 Å². The highest BCUT2D eigenvalue weighted by Crippen LogP contribution is 2.33. The fraction of sp³-hybridized carbons (Fsp3) is 0.286. The summed E-state index contributed by atoms with van der Waals surface area (Å²) in [7, 11) is 0. The number of hydrogen-bond donors (Lipinski definition) is 1. The van der Waals surface area contributed by atoms with Gasteiger partial charge in [-0.05, 0) is 57.0 Å². The molecule has 0 radical (unpaired) electrons. The minimum absolute atomic E-state index is 0.0392. The van der Waals surface area contributed by atoms with Gasteiger partial charge in [0, 0.05) is 17.4 Å². The summed E-state index contributed by atoms with van der Waals surface area (Å²) in [5.41, 5.74) is 3.16. The van der Waals surface area contributed by atoms with E-state index < -0.39 is 5.66 Å². The van der Waals surface area contributed by atoms with Crippen LogP contribution in [0.5, 0.6) is 0 Å². The molecule has 0 spiro atoms. The maximum absolute atomic E-state index is 13.3. The van der Waals surface area contributed by atoms with E-state index >= 15 is 0 Å². The zero-order chi connectivity index (χ0) is 19.9. The summed E-state index contributed by atoms with van der Waals surface area (Å²) in [6.45, 7) is 5.99. The van der Waals surface area contributed by atoms with Gasteiger partial charge in [0.2, 0.25) is 5.91 Å². The Morgan fingerprint density at radius 3 is 2.50 bits per heavy atom. The Balaban J connectivity index is 1.63. The Morgan fingerprint density at radius 1 is 1.14 bits per heavy atom. The van der Waals surface area contributed by atoms with Crippen molar-refractivity contribution in [3.05, 3.63) is 71.3 Å². The number of halogens is 1. The zero-order valence-corrected chi connectivity index (χ0v) is 16.8. The fourth-order valence-electron chi connectivity index (χ4n) is 3.76. The van der Waals surface area contributed by atoms with Crippen LogP contribution in [0.3, 0.4) is 0 Å². The maximum Gasteiger partial charge on any atom is 0.246 e. The molecule has 1 atom stereocenters. The van der Waals surface area contributed by atoms with Gasteiger partial charge in [-0.25, -0.2) is 4.68 Å². The standard InChI is InChI=1S/C21H22ClN5O/c1-14-19(13-24-27(14)17-8-10-23-11-9-17)26-20(28)18(25-21(26,2)3)12-15-4-6-16(22)7-5-15/h4-11,13,18,25H,12H2,1-3H3. The number of carbonyl (C=O) groups is 1. The Labute approximate surface area is 169 Å². The molecule has 1 aromatic carbocycles. The summed E-state index contributed by atoms with van der Waals surface area (Å²) in [6.07, 6.45) is 5.81.